The molecule has 6 rings (SSSR count). The smallest absolute Gasteiger partial charge is 0.323 e. The average molecular weight is 624 g/mol. The van der Waals surface area contributed by atoms with E-state index >= 15 is 0 Å². The molecule has 0 aliphatic carbocycles. The van der Waals surface area contributed by atoms with Crippen molar-refractivity contribution < 1.29 is 19.0 Å². The van der Waals surface area contributed by atoms with Gasteiger partial charge in [0.25, 0.3) is 5.91 Å². The van der Waals surface area contributed by atoms with Crippen LogP contribution in [-0.2, 0) is 6.54 Å². The average Bonchev–Trinajstić information content (AvgIpc) is 3.10. The van der Waals surface area contributed by atoms with Crippen molar-refractivity contribution in [1.82, 2.24) is 34.6 Å². The number of benzene rings is 2. The van der Waals surface area contributed by atoms with E-state index in [1.807, 2.05) is 18.7 Å². The number of carbonyl (C=O) groups is 1. The van der Waals surface area contributed by atoms with Crippen molar-refractivity contribution in [1.29, 1.82) is 0 Å². The molecule has 2 aromatic carbocycles. The molecular formula is C35H41N7O4. The molecule has 4 heterocycles. The number of hydrogen-bond acceptors (Lipinski definition) is 10. The van der Waals surface area contributed by atoms with E-state index in [1.165, 1.54) is 11.1 Å². The summed E-state index contributed by atoms with van der Waals surface area (Å²) >= 11 is 0. The molecule has 2 aromatic heterocycles. The van der Waals surface area contributed by atoms with Gasteiger partial charge in [0.2, 0.25) is 11.8 Å². The standard InChI is InChI=1S/C35H41N7O4/c1-4-45-33-28(32(44-3)38-35(39-33)46-5-2)23-40-21-27-22-41(34(43)29-20-36-16-17-37-29)18-19-42(27)30(24-40)31(25-12-8-6-9-13-25)26-14-10-7-11-15-26/h6-17,20,27,30-31H,4-5,18-19,21-24H2,1-3H3/t27-,30?/m1/s1. The highest BCUT2D eigenvalue weighted by molar-refractivity contribution is 5.92. The fraction of sp³-hybridized carbons (Fsp3) is 0.400. The van der Waals surface area contributed by atoms with E-state index < -0.39 is 0 Å². The lowest BCUT2D eigenvalue weighted by molar-refractivity contribution is -0.0293. The highest BCUT2D eigenvalue weighted by Crippen LogP contribution is 2.37. The van der Waals surface area contributed by atoms with Gasteiger partial charge in [-0.15, -0.1) is 0 Å². The van der Waals surface area contributed by atoms with Gasteiger partial charge < -0.3 is 19.1 Å². The molecule has 0 N–H and O–H groups in total. The van der Waals surface area contributed by atoms with Crippen molar-refractivity contribution in [3.63, 3.8) is 0 Å². The van der Waals surface area contributed by atoms with E-state index in [2.05, 4.69) is 90.4 Å². The van der Waals surface area contributed by atoms with Crippen LogP contribution in [-0.4, -0.2) is 106 Å². The van der Waals surface area contributed by atoms with Crippen molar-refractivity contribution >= 4 is 5.91 Å². The number of piperazine rings is 2. The predicted octanol–water partition coefficient (Wildman–Crippen LogP) is 3.92. The second-order valence-electron chi connectivity index (χ2n) is 11.5. The molecule has 4 aromatic rings. The van der Waals surface area contributed by atoms with Crippen LogP contribution in [0.4, 0.5) is 0 Å². The number of aromatic nitrogens is 4. The molecule has 1 unspecified atom stereocenters. The van der Waals surface area contributed by atoms with Gasteiger partial charge in [0.1, 0.15) is 5.69 Å². The first kappa shape index (κ1) is 31.4. The maximum atomic E-state index is 13.5. The highest BCUT2D eigenvalue weighted by atomic mass is 16.5. The minimum absolute atomic E-state index is 0.0770. The summed E-state index contributed by atoms with van der Waals surface area (Å²) in [7, 11) is 1.61. The Hall–Kier alpha value is -4.61. The van der Waals surface area contributed by atoms with E-state index in [1.54, 1.807) is 25.7 Å². The fourth-order valence-corrected chi connectivity index (χ4v) is 6.75. The van der Waals surface area contributed by atoms with E-state index in [-0.39, 0.29) is 29.9 Å². The third-order valence-corrected chi connectivity index (χ3v) is 8.68. The molecule has 2 aliphatic rings. The van der Waals surface area contributed by atoms with Gasteiger partial charge >= 0.3 is 6.01 Å². The summed E-state index contributed by atoms with van der Waals surface area (Å²) in [5.74, 6) is 0.915. The van der Waals surface area contributed by atoms with Crippen LogP contribution >= 0.6 is 0 Å². The molecule has 46 heavy (non-hydrogen) atoms. The summed E-state index contributed by atoms with van der Waals surface area (Å²) in [5.41, 5.74) is 3.66. The number of fused-ring (bicyclic) bond motifs is 1. The molecule has 0 saturated carbocycles. The zero-order valence-corrected chi connectivity index (χ0v) is 26.7. The van der Waals surface area contributed by atoms with Crippen LogP contribution < -0.4 is 14.2 Å². The van der Waals surface area contributed by atoms with Crippen LogP contribution in [0.25, 0.3) is 0 Å². The topological polar surface area (TPSA) is 106 Å². The molecule has 11 heteroatoms. The van der Waals surface area contributed by atoms with Gasteiger partial charge in [0, 0.05) is 69.7 Å². The zero-order chi connectivity index (χ0) is 31.9. The number of ether oxygens (including phenoxy) is 3. The molecule has 0 radical (unpaired) electrons. The van der Waals surface area contributed by atoms with Gasteiger partial charge in [-0.1, -0.05) is 60.7 Å². The summed E-state index contributed by atoms with van der Waals surface area (Å²) in [6.45, 7) is 8.69. The lowest BCUT2D eigenvalue weighted by Gasteiger charge is -2.53. The third kappa shape index (κ3) is 6.80. The largest absolute Gasteiger partial charge is 0.481 e. The quantitative estimate of drug-likeness (QED) is 0.244. The Morgan fingerprint density at radius 3 is 2.20 bits per heavy atom. The maximum absolute atomic E-state index is 13.5. The van der Waals surface area contributed by atoms with Crippen molar-refractivity contribution in [3.05, 3.63) is 102 Å². The van der Waals surface area contributed by atoms with Crippen molar-refractivity contribution in [2.45, 2.75) is 38.4 Å². The molecule has 0 spiro atoms. The molecule has 2 saturated heterocycles. The summed E-state index contributed by atoms with van der Waals surface area (Å²) in [4.78, 5) is 38.0. The number of methoxy groups -OCH3 is 1. The summed E-state index contributed by atoms with van der Waals surface area (Å²) in [6.07, 6.45) is 4.69. The first-order valence-corrected chi connectivity index (χ1v) is 15.9. The second kappa shape index (κ2) is 14.7. The number of hydrogen-bond donors (Lipinski definition) is 0. The Labute approximate surface area is 270 Å². The Balaban J connectivity index is 1.37. The Bertz CT molecular complexity index is 1540. The minimum atomic E-state index is -0.0932. The van der Waals surface area contributed by atoms with Crippen LogP contribution in [0.15, 0.2) is 79.3 Å². The molecule has 2 fully saturated rings. The number of nitrogens with zero attached hydrogens (tertiary/aromatic N) is 7. The SMILES string of the molecule is CCOc1nc(OC)c(CN2CC(C(c3ccccc3)c3ccccc3)N3CCN(C(=O)c4cnccn4)C[C@H]3C2)c(OCC)n1. The molecule has 240 valence electrons. The van der Waals surface area contributed by atoms with Gasteiger partial charge in [-0.05, 0) is 25.0 Å². The maximum Gasteiger partial charge on any atom is 0.323 e. The van der Waals surface area contributed by atoms with Gasteiger partial charge in [0.05, 0.1) is 32.1 Å². The summed E-state index contributed by atoms with van der Waals surface area (Å²) < 4.78 is 17.4. The molecular weight excluding hydrogens is 582 g/mol. The Morgan fingerprint density at radius 2 is 1.57 bits per heavy atom. The van der Waals surface area contributed by atoms with E-state index in [0.29, 0.717) is 50.3 Å². The fourth-order valence-electron chi connectivity index (χ4n) is 6.75. The lowest BCUT2D eigenvalue weighted by Crippen LogP contribution is -2.67. The van der Waals surface area contributed by atoms with Crippen LogP contribution in [0.2, 0.25) is 0 Å². The van der Waals surface area contributed by atoms with Gasteiger partial charge in [0.15, 0.2) is 0 Å². The van der Waals surface area contributed by atoms with E-state index in [9.17, 15) is 4.79 Å². The monoisotopic (exact) mass is 623 g/mol. The first-order chi connectivity index (χ1) is 22.6. The first-order valence-electron chi connectivity index (χ1n) is 15.9. The number of rotatable bonds is 11. The van der Waals surface area contributed by atoms with Crippen molar-refractivity contribution in [3.8, 4) is 17.8 Å². The minimum Gasteiger partial charge on any atom is -0.481 e. The van der Waals surface area contributed by atoms with Crippen LogP contribution in [0, 0.1) is 0 Å². The van der Waals surface area contributed by atoms with Crippen LogP contribution in [0.1, 0.15) is 46.9 Å². The summed E-state index contributed by atoms with van der Waals surface area (Å²) in [5, 5.41) is 0. The van der Waals surface area contributed by atoms with Crippen molar-refractivity contribution in [2.24, 2.45) is 0 Å². The Kier molecular flexibility index (Phi) is 10.00. The highest BCUT2D eigenvalue weighted by Gasteiger charge is 2.43. The van der Waals surface area contributed by atoms with Gasteiger partial charge in [-0.2, -0.15) is 9.97 Å². The molecule has 11 nitrogen and oxygen atoms in total. The van der Waals surface area contributed by atoms with Crippen molar-refractivity contribution in [2.75, 3.05) is 53.0 Å². The predicted molar refractivity (Wildman–Crippen MR) is 173 cm³/mol. The number of carbonyl (C=O) groups excluding carboxylic acids is 1. The Morgan fingerprint density at radius 1 is 0.870 bits per heavy atom. The molecule has 2 aliphatic heterocycles. The van der Waals surface area contributed by atoms with Crippen LogP contribution in [0.5, 0.6) is 17.8 Å². The molecule has 1 amide bonds. The van der Waals surface area contributed by atoms with Gasteiger partial charge in [-0.3, -0.25) is 19.6 Å². The molecule has 0 bridgehead atoms. The van der Waals surface area contributed by atoms with E-state index in [0.717, 1.165) is 25.2 Å². The van der Waals surface area contributed by atoms with E-state index in [4.69, 9.17) is 14.2 Å². The zero-order valence-electron chi connectivity index (χ0n) is 26.7. The van der Waals surface area contributed by atoms with Gasteiger partial charge in [-0.25, -0.2) is 4.98 Å². The molecule has 2 atom stereocenters. The summed E-state index contributed by atoms with van der Waals surface area (Å²) in [6, 6.07) is 21.9. The lowest BCUT2D eigenvalue weighted by atomic mass is 9.81. The number of amides is 1. The third-order valence-electron chi connectivity index (χ3n) is 8.68. The van der Waals surface area contributed by atoms with Crippen LogP contribution in [0.3, 0.4) is 0 Å². The second-order valence-corrected chi connectivity index (χ2v) is 11.5. The normalized spacial score (nSPS) is 18.7.